The van der Waals surface area contributed by atoms with Gasteiger partial charge in [-0.2, -0.15) is 0 Å². The molecule has 0 aromatic carbocycles. The molecule has 1 saturated carbocycles. The molecule has 0 atom stereocenters. The number of esters is 1. The minimum atomic E-state index is -0.884. The number of ether oxygens (including phenoxy) is 1. The van der Waals surface area contributed by atoms with E-state index in [2.05, 4.69) is 17.2 Å². The van der Waals surface area contributed by atoms with Crippen molar-refractivity contribution in [2.24, 2.45) is 5.92 Å². The van der Waals surface area contributed by atoms with Crippen molar-refractivity contribution in [2.75, 3.05) is 7.11 Å². The van der Waals surface area contributed by atoms with Crippen LogP contribution in [-0.2, 0) is 14.3 Å². The van der Waals surface area contributed by atoms with Gasteiger partial charge in [0.2, 0.25) is 5.91 Å². The van der Waals surface area contributed by atoms with E-state index in [1.54, 1.807) is 11.6 Å². The molecule has 2 rings (SSSR count). The smallest absolute Gasteiger partial charge is 0.331 e. The molecule has 0 radical (unpaired) electrons. The zero-order valence-electron chi connectivity index (χ0n) is 12.3. The number of hydrogen-bond acceptors (Lipinski definition) is 5. The molecule has 1 heterocycles. The zero-order chi connectivity index (χ0) is 15.3. The van der Waals surface area contributed by atoms with Crippen molar-refractivity contribution < 1.29 is 14.3 Å². The maximum Gasteiger partial charge on any atom is 0.331 e. The Morgan fingerprint density at radius 3 is 2.76 bits per heavy atom. The van der Waals surface area contributed by atoms with E-state index in [-0.39, 0.29) is 11.9 Å². The first-order chi connectivity index (χ1) is 10.1. The van der Waals surface area contributed by atoms with E-state index < -0.39 is 5.54 Å². The predicted molar refractivity (Wildman–Crippen MR) is 81.7 cm³/mol. The number of rotatable bonds is 4. The van der Waals surface area contributed by atoms with Crippen LogP contribution in [-0.4, -0.2) is 29.5 Å². The quantitative estimate of drug-likeness (QED) is 0.685. The first kappa shape index (κ1) is 15.7. The van der Waals surface area contributed by atoms with Crippen molar-refractivity contribution in [1.82, 2.24) is 10.3 Å². The number of aromatic nitrogens is 1. The van der Waals surface area contributed by atoms with Crippen LogP contribution in [0.5, 0.6) is 0 Å². The number of carbonyl (C=O) groups is 2. The van der Waals surface area contributed by atoms with Crippen molar-refractivity contribution in [2.45, 2.75) is 38.1 Å². The summed E-state index contributed by atoms with van der Waals surface area (Å²) in [6.45, 7) is 2.16. The molecule has 0 bridgehead atoms. The lowest BCUT2D eigenvalue weighted by Gasteiger charge is -2.37. The summed E-state index contributed by atoms with van der Waals surface area (Å²) in [5.41, 5.74) is 1.56. The largest absolute Gasteiger partial charge is 0.467 e. The molecule has 0 saturated heterocycles. The van der Waals surface area contributed by atoms with Gasteiger partial charge in [0.05, 0.1) is 18.3 Å². The van der Waals surface area contributed by atoms with Gasteiger partial charge in [0.15, 0.2) is 0 Å². The molecule has 114 valence electrons. The lowest BCUT2D eigenvalue weighted by Crippen LogP contribution is -2.56. The molecule has 1 aromatic rings. The van der Waals surface area contributed by atoms with Gasteiger partial charge in [-0.15, -0.1) is 11.3 Å². The summed E-state index contributed by atoms with van der Waals surface area (Å²) >= 11 is 1.47. The summed E-state index contributed by atoms with van der Waals surface area (Å²) in [4.78, 5) is 28.2. The number of nitrogens with zero attached hydrogens (tertiary/aromatic N) is 1. The van der Waals surface area contributed by atoms with Gasteiger partial charge in [0, 0.05) is 11.5 Å². The lowest BCUT2D eigenvalue weighted by atomic mass is 9.77. The summed E-state index contributed by atoms with van der Waals surface area (Å²) in [5.74, 6) is -0.0713. The van der Waals surface area contributed by atoms with E-state index in [0.717, 1.165) is 18.5 Å². The molecule has 1 fully saturated rings. The maximum absolute atomic E-state index is 12.1. The second kappa shape index (κ2) is 6.85. The van der Waals surface area contributed by atoms with Crippen LogP contribution in [0.25, 0.3) is 6.08 Å². The molecular formula is C15H20N2O3S. The Kier molecular flexibility index (Phi) is 5.12. The Bertz CT molecular complexity index is 517. The van der Waals surface area contributed by atoms with Gasteiger partial charge in [0.1, 0.15) is 5.54 Å². The van der Waals surface area contributed by atoms with Gasteiger partial charge in [0.25, 0.3) is 0 Å². The Hall–Kier alpha value is -1.69. The third-order valence-corrected chi connectivity index (χ3v) is 4.53. The average Bonchev–Trinajstić information content (AvgIpc) is 3.00. The molecule has 21 heavy (non-hydrogen) atoms. The molecule has 1 N–H and O–H groups in total. The fourth-order valence-corrected chi connectivity index (χ4v) is 3.10. The summed E-state index contributed by atoms with van der Waals surface area (Å²) < 4.78 is 4.89. The summed E-state index contributed by atoms with van der Waals surface area (Å²) in [5, 5.41) is 4.69. The number of methoxy groups -OCH3 is 1. The minimum Gasteiger partial charge on any atom is -0.467 e. The van der Waals surface area contributed by atoms with E-state index in [9.17, 15) is 9.59 Å². The first-order valence-corrected chi connectivity index (χ1v) is 7.97. The van der Waals surface area contributed by atoms with Crippen LogP contribution >= 0.6 is 11.3 Å². The van der Waals surface area contributed by atoms with Crippen LogP contribution in [0.3, 0.4) is 0 Å². The SMILES string of the molecule is COC(=O)C1(NC(=O)/C=C/c2cscn2)CCC(C)CC1. The topological polar surface area (TPSA) is 68.3 Å². The predicted octanol–water partition coefficient (Wildman–Crippen LogP) is 2.39. The van der Waals surface area contributed by atoms with Crippen LogP contribution in [0, 0.1) is 5.92 Å². The van der Waals surface area contributed by atoms with Gasteiger partial charge in [-0.25, -0.2) is 9.78 Å². The van der Waals surface area contributed by atoms with E-state index in [0.29, 0.717) is 18.8 Å². The Balaban J connectivity index is 2.05. The normalized spacial score (nSPS) is 25.7. The van der Waals surface area contributed by atoms with E-state index >= 15 is 0 Å². The Labute approximate surface area is 128 Å². The van der Waals surface area contributed by atoms with Crippen LogP contribution in [0.4, 0.5) is 0 Å². The highest BCUT2D eigenvalue weighted by molar-refractivity contribution is 7.07. The standard InChI is InChI=1S/C15H20N2O3S/c1-11-5-7-15(8-6-11,14(19)20-2)17-13(18)4-3-12-9-21-10-16-12/h3-4,9-11H,5-8H2,1-2H3,(H,17,18)/b4-3+. The van der Waals surface area contributed by atoms with Crippen molar-refractivity contribution in [3.63, 3.8) is 0 Å². The number of carbonyl (C=O) groups excluding carboxylic acids is 2. The average molecular weight is 308 g/mol. The number of thiazole rings is 1. The number of nitrogens with one attached hydrogen (secondary N) is 1. The Morgan fingerprint density at radius 1 is 1.48 bits per heavy atom. The van der Waals surface area contributed by atoms with Crippen molar-refractivity contribution in [3.8, 4) is 0 Å². The molecule has 6 heteroatoms. The number of amides is 1. The van der Waals surface area contributed by atoms with E-state index in [4.69, 9.17) is 4.74 Å². The third kappa shape index (κ3) is 3.91. The molecule has 1 amide bonds. The molecule has 1 aliphatic rings. The van der Waals surface area contributed by atoms with Gasteiger partial charge < -0.3 is 10.1 Å². The highest BCUT2D eigenvalue weighted by atomic mass is 32.1. The summed E-state index contributed by atoms with van der Waals surface area (Å²) in [6.07, 6.45) is 6.12. The van der Waals surface area contributed by atoms with Crippen LogP contribution < -0.4 is 5.32 Å². The van der Waals surface area contributed by atoms with Crippen molar-refractivity contribution >= 4 is 29.3 Å². The fraction of sp³-hybridized carbons (Fsp3) is 0.533. The minimum absolute atomic E-state index is 0.289. The van der Waals surface area contributed by atoms with Gasteiger partial charge in [-0.1, -0.05) is 6.92 Å². The van der Waals surface area contributed by atoms with Crippen molar-refractivity contribution in [1.29, 1.82) is 0 Å². The maximum atomic E-state index is 12.1. The number of hydrogen-bond donors (Lipinski definition) is 1. The molecular weight excluding hydrogens is 288 g/mol. The second-order valence-electron chi connectivity index (χ2n) is 5.49. The summed E-state index contributed by atoms with van der Waals surface area (Å²) in [7, 11) is 1.36. The first-order valence-electron chi connectivity index (χ1n) is 7.02. The van der Waals surface area contributed by atoms with Gasteiger partial charge in [-0.3, -0.25) is 4.79 Å². The van der Waals surface area contributed by atoms with Crippen molar-refractivity contribution in [3.05, 3.63) is 22.7 Å². The monoisotopic (exact) mass is 308 g/mol. The fourth-order valence-electron chi connectivity index (χ4n) is 2.57. The molecule has 5 nitrogen and oxygen atoms in total. The molecule has 0 spiro atoms. The van der Waals surface area contributed by atoms with Crippen LogP contribution in [0.1, 0.15) is 38.3 Å². The van der Waals surface area contributed by atoms with E-state index in [1.807, 2.05) is 5.38 Å². The highest BCUT2D eigenvalue weighted by Crippen LogP contribution is 2.32. The molecule has 1 aliphatic carbocycles. The van der Waals surface area contributed by atoms with Crippen LogP contribution in [0.2, 0.25) is 0 Å². The van der Waals surface area contributed by atoms with E-state index in [1.165, 1.54) is 24.5 Å². The third-order valence-electron chi connectivity index (χ3n) is 3.92. The molecule has 0 aliphatic heterocycles. The molecule has 0 unspecified atom stereocenters. The van der Waals surface area contributed by atoms with Gasteiger partial charge >= 0.3 is 5.97 Å². The highest BCUT2D eigenvalue weighted by Gasteiger charge is 2.43. The molecule has 1 aromatic heterocycles. The summed E-state index contributed by atoms with van der Waals surface area (Å²) in [6, 6.07) is 0. The zero-order valence-corrected chi connectivity index (χ0v) is 13.1. The van der Waals surface area contributed by atoms with Gasteiger partial charge in [-0.05, 0) is 37.7 Å². The lowest BCUT2D eigenvalue weighted by molar-refractivity contribution is -0.152. The van der Waals surface area contributed by atoms with Crippen LogP contribution in [0.15, 0.2) is 17.0 Å². The second-order valence-corrected chi connectivity index (χ2v) is 6.21. The Morgan fingerprint density at radius 2 is 2.19 bits per heavy atom.